The third-order valence-corrected chi connectivity index (χ3v) is 9.70. The van der Waals surface area contributed by atoms with Gasteiger partial charge in [-0.2, -0.15) is 0 Å². The number of hydrogen-bond acceptors (Lipinski definition) is 3. The second-order valence-corrected chi connectivity index (χ2v) is 15.1. The smallest absolute Gasteiger partial charge is 0.165 e. The maximum atomic E-state index is 11.8. The summed E-state index contributed by atoms with van der Waals surface area (Å²) in [4.78, 5) is 2.24. The molecule has 0 amide bonds. The second-order valence-electron chi connectivity index (χ2n) is 15.1. The van der Waals surface area contributed by atoms with Crippen LogP contribution in [0.15, 0.2) is 48.6 Å². The topological polar surface area (TPSA) is 32.7 Å². The van der Waals surface area contributed by atoms with Crippen molar-refractivity contribution in [1.82, 2.24) is 4.90 Å². The summed E-state index contributed by atoms with van der Waals surface area (Å²) < 4.78 is 6.64. The van der Waals surface area contributed by atoms with Gasteiger partial charge < -0.3 is 14.7 Å². The largest absolute Gasteiger partial charge is 0.365 e. The van der Waals surface area contributed by atoms with Crippen LogP contribution < -0.4 is 0 Å². The lowest BCUT2D eigenvalue weighted by atomic mass is 9.98. The number of nitrogens with zero attached hydrogens (tertiary/aromatic N) is 1. The molecule has 3 nitrogen and oxygen atoms in total. The van der Waals surface area contributed by atoms with Crippen molar-refractivity contribution in [2.24, 2.45) is 0 Å². The first-order valence-electron chi connectivity index (χ1n) is 21.6. The fourth-order valence-corrected chi connectivity index (χ4v) is 6.43. The molecular weight excluding hydrogens is 599 g/mol. The Balaban J connectivity index is 4.39. The lowest BCUT2D eigenvalue weighted by molar-refractivity contribution is -0.241. The third kappa shape index (κ3) is 36.4. The molecule has 3 heteroatoms. The summed E-state index contributed by atoms with van der Waals surface area (Å²) in [6.45, 7) is 7.80. The molecule has 0 rings (SSSR count). The highest BCUT2D eigenvalue weighted by Gasteiger charge is 2.30. The maximum absolute atomic E-state index is 11.8. The number of unbranched alkanes of at least 4 members (excludes halogenated alkanes) is 19. The lowest BCUT2D eigenvalue weighted by Gasteiger charge is -2.34. The van der Waals surface area contributed by atoms with Crippen LogP contribution in [0.25, 0.3) is 0 Å². The van der Waals surface area contributed by atoms with Crippen LogP contribution in [0.5, 0.6) is 0 Å². The van der Waals surface area contributed by atoms with E-state index < -0.39 is 5.79 Å². The zero-order chi connectivity index (χ0) is 35.9. The van der Waals surface area contributed by atoms with Gasteiger partial charge in [0.1, 0.15) is 0 Å². The Morgan fingerprint density at radius 2 is 0.837 bits per heavy atom. The average Bonchev–Trinajstić information content (AvgIpc) is 3.09. The molecule has 1 atom stereocenters. The van der Waals surface area contributed by atoms with Crippen molar-refractivity contribution in [1.29, 1.82) is 0 Å². The Labute approximate surface area is 308 Å². The molecule has 49 heavy (non-hydrogen) atoms. The molecule has 1 N–H and O–H groups in total. The number of ether oxygens (including phenoxy) is 1. The summed E-state index contributed by atoms with van der Waals surface area (Å²) in [6.07, 6.45) is 54.8. The highest BCUT2D eigenvalue weighted by atomic mass is 16.6. The van der Waals surface area contributed by atoms with E-state index in [0.29, 0.717) is 0 Å². The highest BCUT2D eigenvalue weighted by Crippen LogP contribution is 2.29. The predicted octanol–water partition coefficient (Wildman–Crippen LogP) is 14.6. The van der Waals surface area contributed by atoms with Gasteiger partial charge in [0.25, 0.3) is 0 Å². The molecule has 0 aliphatic rings. The molecule has 0 bridgehead atoms. The molecule has 0 saturated heterocycles. The van der Waals surface area contributed by atoms with Crippen molar-refractivity contribution in [3.63, 3.8) is 0 Å². The SMILES string of the molecule is CCCCC/C=C\C/C=C\CCCCCCCCC(O)(CCCCCCCC/C=C\C/C=C\CCCCC)OC(CCCC)CCN(C)C. The number of hydrogen-bond donors (Lipinski definition) is 1. The minimum absolute atomic E-state index is 0.154. The molecule has 0 aromatic rings. The molecular formula is C46H87NO2. The monoisotopic (exact) mass is 686 g/mol. The number of aliphatic hydroxyl groups is 1. The zero-order valence-electron chi connectivity index (χ0n) is 33.9. The standard InChI is InChI=1S/C46H87NO2/c1-6-9-12-14-16-18-20-22-24-26-28-30-32-34-36-38-42-46(48,49-45(40-11-8-3)41-44-47(4)5)43-39-37-35-33-31-29-27-25-23-21-19-17-15-13-10-7-2/h16-19,22-25,45,48H,6-15,20-21,26-44H2,1-5H3/b18-16-,19-17-,24-22-,25-23-. The molecule has 0 aromatic carbocycles. The van der Waals surface area contributed by atoms with E-state index >= 15 is 0 Å². The fourth-order valence-electron chi connectivity index (χ4n) is 6.43. The molecule has 0 fully saturated rings. The highest BCUT2D eigenvalue weighted by molar-refractivity contribution is 4.93. The first kappa shape index (κ1) is 47.8. The Bertz CT molecular complexity index is 719. The zero-order valence-corrected chi connectivity index (χ0v) is 33.9. The van der Waals surface area contributed by atoms with Gasteiger partial charge in [0.2, 0.25) is 0 Å². The predicted molar refractivity (Wildman–Crippen MR) is 220 cm³/mol. The summed E-state index contributed by atoms with van der Waals surface area (Å²) in [5.74, 6) is -0.963. The van der Waals surface area contributed by atoms with E-state index in [0.717, 1.165) is 57.9 Å². The minimum atomic E-state index is -0.963. The first-order valence-corrected chi connectivity index (χ1v) is 21.6. The van der Waals surface area contributed by atoms with Crippen molar-refractivity contribution >= 4 is 0 Å². The van der Waals surface area contributed by atoms with Gasteiger partial charge in [0.15, 0.2) is 5.79 Å². The molecule has 0 heterocycles. The minimum Gasteiger partial charge on any atom is -0.365 e. The first-order chi connectivity index (χ1) is 24.0. The van der Waals surface area contributed by atoms with Crippen LogP contribution in [0, 0.1) is 0 Å². The van der Waals surface area contributed by atoms with Crippen molar-refractivity contribution in [3.05, 3.63) is 48.6 Å². The number of allylic oxidation sites excluding steroid dienone is 8. The Kier molecular flexibility index (Phi) is 37.2. The summed E-state index contributed by atoms with van der Waals surface area (Å²) in [5, 5.41) is 11.8. The molecule has 0 spiro atoms. The Hall–Kier alpha value is -1.16. The van der Waals surface area contributed by atoms with Crippen molar-refractivity contribution < 1.29 is 9.84 Å². The molecule has 0 aliphatic heterocycles. The van der Waals surface area contributed by atoms with Crippen LogP contribution >= 0.6 is 0 Å². The van der Waals surface area contributed by atoms with Gasteiger partial charge in [-0.05, 0) is 111 Å². The fraction of sp³-hybridized carbons (Fsp3) is 0.826. The van der Waals surface area contributed by atoms with Crippen molar-refractivity contribution in [3.8, 4) is 0 Å². The van der Waals surface area contributed by atoms with E-state index in [2.05, 4.69) is 88.4 Å². The summed E-state index contributed by atoms with van der Waals surface area (Å²) >= 11 is 0. The van der Waals surface area contributed by atoms with Gasteiger partial charge in [-0.25, -0.2) is 0 Å². The normalized spacial score (nSPS) is 13.4. The molecule has 0 aliphatic carbocycles. The second kappa shape index (κ2) is 38.1. The molecule has 288 valence electrons. The van der Waals surface area contributed by atoms with Crippen LogP contribution in [0.1, 0.15) is 213 Å². The van der Waals surface area contributed by atoms with Crippen LogP contribution in [0.3, 0.4) is 0 Å². The van der Waals surface area contributed by atoms with E-state index in [9.17, 15) is 5.11 Å². The Morgan fingerprint density at radius 3 is 1.22 bits per heavy atom. The average molecular weight is 686 g/mol. The van der Waals surface area contributed by atoms with Gasteiger partial charge in [0, 0.05) is 12.8 Å². The molecule has 0 saturated carbocycles. The van der Waals surface area contributed by atoms with E-state index in [1.807, 2.05) is 0 Å². The third-order valence-electron chi connectivity index (χ3n) is 9.70. The van der Waals surface area contributed by atoms with Crippen LogP contribution in [-0.2, 0) is 4.74 Å². The Morgan fingerprint density at radius 1 is 0.469 bits per heavy atom. The molecule has 0 aromatic heterocycles. The van der Waals surface area contributed by atoms with Gasteiger partial charge in [-0.3, -0.25) is 0 Å². The summed E-state index contributed by atoms with van der Waals surface area (Å²) in [7, 11) is 4.27. The van der Waals surface area contributed by atoms with E-state index in [1.165, 1.54) is 141 Å². The van der Waals surface area contributed by atoms with Gasteiger partial charge in [0.05, 0.1) is 6.10 Å². The summed E-state index contributed by atoms with van der Waals surface area (Å²) in [6, 6.07) is 0. The van der Waals surface area contributed by atoms with Crippen LogP contribution in [0.4, 0.5) is 0 Å². The van der Waals surface area contributed by atoms with Crippen LogP contribution in [0.2, 0.25) is 0 Å². The van der Waals surface area contributed by atoms with E-state index in [4.69, 9.17) is 4.74 Å². The van der Waals surface area contributed by atoms with Gasteiger partial charge in [-0.1, -0.05) is 159 Å². The lowest BCUT2D eigenvalue weighted by Crippen LogP contribution is -2.38. The van der Waals surface area contributed by atoms with Crippen molar-refractivity contribution in [2.45, 2.75) is 225 Å². The van der Waals surface area contributed by atoms with Crippen molar-refractivity contribution in [2.75, 3.05) is 20.6 Å². The molecule has 0 radical (unpaired) electrons. The number of rotatable bonds is 38. The van der Waals surface area contributed by atoms with E-state index in [1.54, 1.807) is 0 Å². The molecule has 1 unspecified atom stereocenters. The van der Waals surface area contributed by atoms with Gasteiger partial charge >= 0.3 is 0 Å². The van der Waals surface area contributed by atoms with E-state index in [-0.39, 0.29) is 6.10 Å². The quantitative estimate of drug-likeness (QED) is 0.0399. The maximum Gasteiger partial charge on any atom is 0.165 e. The van der Waals surface area contributed by atoms with Gasteiger partial charge in [-0.15, -0.1) is 0 Å². The van der Waals surface area contributed by atoms with Crippen LogP contribution in [-0.4, -0.2) is 42.5 Å². The summed E-state index contributed by atoms with van der Waals surface area (Å²) in [5.41, 5.74) is 0.